The summed E-state index contributed by atoms with van der Waals surface area (Å²) in [5.41, 5.74) is 3.20. The Morgan fingerprint density at radius 1 is 1.20 bits per heavy atom. The summed E-state index contributed by atoms with van der Waals surface area (Å²) in [6.07, 6.45) is 3.10. The first-order valence-electron chi connectivity index (χ1n) is 9.74. The maximum Gasteiger partial charge on any atom is 0.277 e. The van der Waals surface area contributed by atoms with Gasteiger partial charge in [-0.2, -0.15) is 0 Å². The zero-order valence-corrected chi connectivity index (χ0v) is 17.7. The second-order valence-corrected chi connectivity index (χ2v) is 7.87. The Morgan fingerprint density at radius 2 is 2.07 bits per heavy atom. The summed E-state index contributed by atoms with van der Waals surface area (Å²) >= 11 is 1.22. The van der Waals surface area contributed by atoms with Crippen LogP contribution in [0.15, 0.2) is 52.1 Å². The van der Waals surface area contributed by atoms with E-state index in [-0.39, 0.29) is 17.7 Å². The molecule has 4 rings (SSSR count). The molecule has 1 aliphatic carbocycles. The molecular formula is C22H23N3O4S. The van der Waals surface area contributed by atoms with E-state index >= 15 is 0 Å². The largest absolute Gasteiger partial charge is 0.497 e. The predicted octanol–water partition coefficient (Wildman–Crippen LogP) is 4.04. The fraction of sp³-hybridized carbons (Fsp3) is 0.318. The number of hydrogen-bond acceptors (Lipinski definition) is 7. The van der Waals surface area contributed by atoms with Crippen LogP contribution in [0.1, 0.15) is 30.0 Å². The summed E-state index contributed by atoms with van der Waals surface area (Å²) < 4.78 is 16.3. The molecule has 1 amide bonds. The number of nitrogens with zero attached hydrogens (tertiary/aromatic N) is 2. The first kappa shape index (κ1) is 20.3. The van der Waals surface area contributed by atoms with E-state index < -0.39 is 0 Å². The van der Waals surface area contributed by atoms with Gasteiger partial charge in [0.1, 0.15) is 11.5 Å². The van der Waals surface area contributed by atoms with Crippen LogP contribution in [0, 0.1) is 0 Å². The Labute approximate surface area is 179 Å². The number of nitrogens with one attached hydrogen (secondary N) is 1. The summed E-state index contributed by atoms with van der Waals surface area (Å²) in [5, 5.41) is 11.6. The topological polar surface area (TPSA) is 86.5 Å². The zero-order valence-electron chi connectivity index (χ0n) is 16.9. The average molecular weight is 426 g/mol. The van der Waals surface area contributed by atoms with E-state index in [1.807, 2.05) is 12.1 Å². The highest BCUT2D eigenvalue weighted by atomic mass is 32.2. The lowest BCUT2D eigenvalue weighted by atomic mass is 9.88. The van der Waals surface area contributed by atoms with Crippen molar-refractivity contribution in [1.29, 1.82) is 0 Å². The van der Waals surface area contributed by atoms with Crippen LogP contribution in [-0.4, -0.2) is 36.1 Å². The Bertz CT molecular complexity index is 1040. The van der Waals surface area contributed by atoms with Crippen molar-refractivity contribution in [1.82, 2.24) is 15.5 Å². The summed E-state index contributed by atoms with van der Waals surface area (Å²) in [4.78, 5) is 12.5. The summed E-state index contributed by atoms with van der Waals surface area (Å²) in [5.74, 6) is 1.73. The van der Waals surface area contributed by atoms with Crippen LogP contribution in [-0.2, 0) is 11.2 Å². The van der Waals surface area contributed by atoms with Crippen molar-refractivity contribution < 1.29 is 18.7 Å². The van der Waals surface area contributed by atoms with Gasteiger partial charge in [0.25, 0.3) is 11.1 Å². The molecule has 1 aromatic heterocycles. The van der Waals surface area contributed by atoms with Crippen LogP contribution in [0.2, 0.25) is 0 Å². The maximum absolute atomic E-state index is 12.5. The molecule has 30 heavy (non-hydrogen) atoms. The lowest BCUT2D eigenvalue weighted by molar-refractivity contribution is -0.119. The highest BCUT2D eigenvalue weighted by molar-refractivity contribution is 7.99. The molecule has 0 spiro atoms. The molecular weight excluding hydrogens is 402 g/mol. The van der Waals surface area contributed by atoms with Gasteiger partial charge in [0.15, 0.2) is 0 Å². The molecule has 1 N–H and O–H groups in total. The molecule has 0 bridgehead atoms. The van der Waals surface area contributed by atoms with Gasteiger partial charge in [-0.3, -0.25) is 4.79 Å². The number of ether oxygens (including phenoxy) is 2. The maximum atomic E-state index is 12.5. The van der Waals surface area contributed by atoms with Crippen molar-refractivity contribution in [2.45, 2.75) is 30.5 Å². The number of thioether (sulfide) groups is 1. The van der Waals surface area contributed by atoms with E-state index in [0.717, 1.165) is 19.3 Å². The smallest absolute Gasteiger partial charge is 0.277 e. The third-order valence-electron chi connectivity index (χ3n) is 5.08. The highest BCUT2D eigenvalue weighted by Gasteiger charge is 2.22. The molecule has 1 heterocycles. The molecule has 0 fully saturated rings. The molecule has 0 unspecified atom stereocenters. The molecule has 0 saturated carbocycles. The third kappa shape index (κ3) is 4.43. The van der Waals surface area contributed by atoms with Gasteiger partial charge < -0.3 is 19.2 Å². The monoisotopic (exact) mass is 425 g/mol. The molecule has 1 aliphatic rings. The molecule has 8 heteroatoms. The number of fused-ring (bicyclic) bond motifs is 1. The lowest BCUT2D eigenvalue weighted by Gasteiger charge is -2.26. The predicted molar refractivity (Wildman–Crippen MR) is 114 cm³/mol. The van der Waals surface area contributed by atoms with Crippen molar-refractivity contribution in [2.24, 2.45) is 0 Å². The van der Waals surface area contributed by atoms with Gasteiger partial charge in [0.05, 0.1) is 31.6 Å². The van der Waals surface area contributed by atoms with Gasteiger partial charge in [-0.25, -0.2) is 0 Å². The highest BCUT2D eigenvalue weighted by Crippen LogP contribution is 2.34. The quantitative estimate of drug-likeness (QED) is 0.572. The molecule has 0 aliphatic heterocycles. The molecule has 156 valence electrons. The Morgan fingerprint density at radius 3 is 2.90 bits per heavy atom. The number of carbonyl (C=O) groups is 1. The number of amides is 1. The normalized spacial score (nSPS) is 15.3. The molecule has 3 aromatic rings. The fourth-order valence-corrected chi connectivity index (χ4v) is 4.19. The number of methoxy groups -OCH3 is 2. The van der Waals surface area contributed by atoms with Gasteiger partial charge >= 0.3 is 0 Å². The van der Waals surface area contributed by atoms with Crippen molar-refractivity contribution in [3.63, 3.8) is 0 Å². The standard InChI is InChI=1S/C22H23N3O4S/c1-27-15-10-11-17(19(12-15)28-2)21-24-25-22(29-21)30-13-20(26)23-18-9-5-7-14-6-3-4-8-16(14)18/h3-4,6,8,10-12,18H,5,7,9,13H2,1-2H3,(H,23,26)/t18-/m0/s1. The van der Waals surface area contributed by atoms with E-state index in [9.17, 15) is 4.79 Å². The van der Waals surface area contributed by atoms with Gasteiger partial charge in [0, 0.05) is 6.07 Å². The summed E-state index contributed by atoms with van der Waals surface area (Å²) in [7, 11) is 3.16. The number of aryl methyl sites for hydroxylation is 1. The molecule has 1 atom stereocenters. The van der Waals surface area contributed by atoms with Crippen LogP contribution < -0.4 is 14.8 Å². The number of hydrogen-bond donors (Lipinski definition) is 1. The van der Waals surface area contributed by atoms with Crippen molar-refractivity contribution >= 4 is 17.7 Å². The van der Waals surface area contributed by atoms with Crippen molar-refractivity contribution in [3.8, 4) is 23.0 Å². The second-order valence-electron chi connectivity index (χ2n) is 6.94. The number of rotatable bonds is 7. The Balaban J connectivity index is 1.38. The van der Waals surface area contributed by atoms with Crippen LogP contribution in [0.3, 0.4) is 0 Å². The van der Waals surface area contributed by atoms with E-state index in [1.54, 1.807) is 32.4 Å². The van der Waals surface area contributed by atoms with Gasteiger partial charge in [-0.15, -0.1) is 10.2 Å². The summed E-state index contributed by atoms with van der Waals surface area (Å²) in [6, 6.07) is 13.7. The number of aromatic nitrogens is 2. The van der Waals surface area contributed by atoms with Gasteiger partial charge in [-0.05, 0) is 42.5 Å². The van der Waals surface area contributed by atoms with Crippen molar-refractivity contribution in [3.05, 3.63) is 53.6 Å². The molecule has 7 nitrogen and oxygen atoms in total. The SMILES string of the molecule is COc1ccc(-c2nnc(SCC(=O)N[C@H]3CCCc4ccccc43)o2)c(OC)c1. The number of benzene rings is 2. The van der Waals surface area contributed by atoms with E-state index in [4.69, 9.17) is 13.9 Å². The van der Waals surface area contributed by atoms with Crippen LogP contribution >= 0.6 is 11.8 Å². The minimum absolute atomic E-state index is 0.0523. The van der Waals surface area contributed by atoms with E-state index in [0.29, 0.717) is 28.2 Å². The Kier molecular flexibility index (Phi) is 6.23. The van der Waals surface area contributed by atoms with E-state index in [2.05, 4.69) is 27.6 Å². The Hall–Kier alpha value is -3.00. The van der Waals surface area contributed by atoms with Crippen molar-refractivity contribution in [2.75, 3.05) is 20.0 Å². The molecule has 0 saturated heterocycles. The second kappa shape index (κ2) is 9.21. The molecule has 2 aromatic carbocycles. The fourth-order valence-electron chi connectivity index (χ4n) is 3.62. The minimum Gasteiger partial charge on any atom is -0.497 e. The first-order valence-corrected chi connectivity index (χ1v) is 10.7. The number of carbonyl (C=O) groups excluding carboxylic acids is 1. The van der Waals surface area contributed by atoms with E-state index in [1.165, 1.54) is 22.9 Å². The lowest BCUT2D eigenvalue weighted by Crippen LogP contribution is -2.32. The average Bonchev–Trinajstić information content (AvgIpc) is 3.26. The first-order chi connectivity index (χ1) is 14.7. The van der Waals surface area contributed by atoms with Crippen LogP contribution in [0.5, 0.6) is 11.5 Å². The van der Waals surface area contributed by atoms with Crippen LogP contribution in [0.25, 0.3) is 11.5 Å². The summed E-state index contributed by atoms with van der Waals surface area (Å²) in [6.45, 7) is 0. The van der Waals surface area contributed by atoms with Gasteiger partial charge in [0.2, 0.25) is 5.91 Å². The zero-order chi connectivity index (χ0) is 20.9. The van der Waals surface area contributed by atoms with Crippen LogP contribution in [0.4, 0.5) is 0 Å². The van der Waals surface area contributed by atoms with Gasteiger partial charge in [-0.1, -0.05) is 36.0 Å². The molecule has 0 radical (unpaired) electrons. The third-order valence-corrected chi connectivity index (χ3v) is 5.90. The minimum atomic E-state index is -0.0523.